The highest BCUT2D eigenvalue weighted by atomic mass is 15.2. The molecule has 0 unspecified atom stereocenters. The van der Waals surface area contributed by atoms with E-state index in [4.69, 9.17) is 0 Å². The molecule has 110 valence electrons. The number of hydrogen-bond donors (Lipinski definition) is 2. The van der Waals surface area contributed by atoms with Crippen molar-refractivity contribution in [3.05, 3.63) is 59.7 Å². The predicted molar refractivity (Wildman–Crippen MR) is 85.1 cm³/mol. The minimum atomic E-state index is 0.663. The number of pyridine rings is 2. The van der Waals surface area contributed by atoms with Gasteiger partial charge in [0.2, 0.25) is 0 Å². The van der Waals surface area contributed by atoms with Crippen molar-refractivity contribution < 1.29 is 0 Å². The molecule has 0 aliphatic rings. The molecule has 2 heterocycles. The maximum atomic E-state index is 4.36. The smallest absolute Gasteiger partial charge is 0.191 e. The van der Waals surface area contributed by atoms with Gasteiger partial charge >= 0.3 is 0 Å². The Kier molecular flexibility index (Phi) is 5.70. The molecule has 2 N–H and O–H groups in total. The summed E-state index contributed by atoms with van der Waals surface area (Å²) in [5.74, 6) is 0.774. The van der Waals surface area contributed by atoms with E-state index in [0.717, 1.165) is 30.3 Å². The van der Waals surface area contributed by atoms with Crippen LogP contribution < -0.4 is 10.6 Å². The monoisotopic (exact) mass is 283 g/mol. The zero-order valence-electron chi connectivity index (χ0n) is 12.5. The van der Waals surface area contributed by atoms with Gasteiger partial charge in [-0.1, -0.05) is 12.1 Å². The highest BCUT2D eigenvalue weighted by Crippen LogP contribution is 2.01. The third-order valence-electron chi connectivity index (χ3n) is 3.16. The van der Waals surface area contributed by atoms with Crippen molar-refractivity contribution in [1.82, 2.24) is 20.6 Å². The van der Waals surface area contributed by atoms with Crippen LogP contribution in [0.3, 0.4) is 0 Å². The van der Waals surface area contributed by atoms with Crippen LogP contribution in [0.4, 0.5) is 0 Å². The van der Waals surface area contributed by atoms with Crippen molar-refractivity contribution in [3.63, 3.8) is 0 Å². The zero-order valence-corrected chi connectivity index (χ0v) is 12.5. The summed E-state index contributed by atoms with van der Waals surface area (Å²) < 4.78 is 0. The highest BCUT2D eigenvalue weighted by Gasteiger charge is 2.01. The van der Waals surface area contributed by atoms with Gasteiger partial charge in [-0.25, -0.2) is 0 Å². The highest BCUT2D eigenvalue weighted by molar-refractivity contribution is 5.79. The average molecular weight is 283 g/mol. The molecule has 5 heteroatoms. The van der Waals surface area contributed by atoms with Crippen LogP contribution in [0.15, 0.2) is 47.7 Å². The molecule has 0 amide bonds. The maximum absolute atomic E-state index is 4.36. The molecular formula is C16H21N5. The molecule has 5 nitrogen and oxygen atoms in total. The van der Waals surface area contributed by atoms with Crippen molar-refractivity contribution in [2.75, 3.05) is 13.6 Å². The molecule has 0 spiro atoms. The second-order valence-corrected chi connectivity index (χ2v) is 4.69. The molecule has 2 aromatic rings. The third kappa shape index (κ3) is 4.87. The SMILES string of the molecule is CN=C(NCCc1ccccn1)NCc1ncccc1C. The van der Waals surface area contributed by atoms with E-state index in [2.05, 4.69) is 38.6 Å². The van der Waals surface area contributed by atoms with E-state index < -0.39 is 0 Å². The molecule has 0 radical (unpaired) electrons. The van der Waals surface area contributed by atoms with Crippen molar-refractivity contribution >= 4 is 5.96 Å². The number of hydrogen-bond acceptors (Lipinski definition) is 3. The van der Waals surface area contributed by atoms with E-state index in [9.17, 15) is 0 Å². The fraction of sp³-hybridized carbons (Fsp3) is 0.312. The summed E-state index contributed by atoms with van der Waals surface area (Å²) in [6, 6.07) is 9.95. The van der Waals surface area contributed by atoms with Crippen LogP contribution in [0.25, 0.3) is 0 Å². The van der Waals surface area contributed by atoms with Crippen LogP contribution >= 0.6 is 0 Å². The van der Waals surface area contributed by atoms with Crippen molar-refractivity contribution in [2.45, 2.75) is 19.9 Å². The molecular weight excluding hydrogens is 262 g/mol. The number of nitrogens with zero attached hydrogens (tertiary/aromatic N) is 3. The Morgan fingerprint density at radius 2 is 1.95 bits per heavy atom. The second-order valence-electron chi connectivity index (χ2n) is 4.69. The van der Waals surface area contributed by atoms with Gasteiger partial charge in [0.25, 0.3) is 0 Å². The molecule has 0 saturated carbocycles. The number of rotatable bonds is 5. The van der Waals surface area contributed by atoms with Gasteiger partial charge in [0.05, 0.1) is 12.2 Å². The number of aliphatic imine (C=N–C) groups is 1. The normalized spacial score (nSPS) is 11.2. The molecule has 2 rings (SSSR count). The third-order valence-corrected chi connectivity index (χ3v) is 3.16. The zero-order chi connectivity index (χ0) is 14.9. The summed E-state index contributed by atoms with van der Waals surface area (Å²) in [5.41, 5.74) is 3.28. The minimum Gasteiger partial charge on any atom is -0.356 e. The first-order valence-electron chi connectivity index (χ1n) is 7.04. The first kappa shape index (κ1) is 15.0. The molecule has 0 bridgehead atoms. The second kappa shape index (κ2) is 7.99. The first-order chi connectivity index (χ1) is 10.3. The Morgan fingerprint density at radius 3 is 2.67 bits per heavy atom. The topological polar surface area (TPSA) is 62.2 Å². The van der Waals surface area contributed by atoms with Crippen LogP contribution in [0.5, 0.6) is 0 Å². The summed E-state index contributed by atoms with van der Waals surface area (Å²) >= 11 is 0. The summed E-state index contributed by atoms with van der Waals surface area (Å²) in [6.07, 6.45) is 4.48. The lowest BCUT2D eigenvalue weighted by Crippen LogP contribution is -2.38. The van der Waals surface area contributed by atoms with Crippen LogP contribution in [-0.2, 0) is 13.0 Å². The maximum Gasteiger partial charge on any atom is 0.191 e. The minimum absolute atomic E-state index is 0.663. The molecule has 0 aliphatic carbocycles. The standard InChI is InChI=1S/C16H21N5/c1-13-6-5-10-19-15(13)12-21-16(17-2)20-11-8-14-7-3-4-9-18-14/h3-7,9-10H,8,11-12H2,1-2H3,(H2,17,20,21). The number of nitrogens with one attached hydrogen (secondary N) is 2. The van der Waals surface area contributed by atoms with E-state index >= 15 is 0 Å². The lowest BCUT2D eigenvalue weighted by atomic mass is 10.2. The van der Waals surface area contributed by atoms with E-state index in [-0.39, 0.29) is 0 Å². The summed E-state index contributed by atoms with van der Waals surface area (Å²) in [5, 5.41) is 6.55. The number of guanidine groups is 1. The van der Waals surface area contributed by atoms with Gasteiger partial charge in [0, 0.05) is 38.1 Å². The van der Waals surface area contributed by atoms with Crippen LogP contribution in [-0.4, -0.2) is 29.5 Å². The molecule has 0 aromatic carbocycles. The van der Waals surface area contributed by atoms with E-state index in [1.807, 2.05) is 30.5 Å². The fourth-order valence-corrected chi connectivity index (χ4v) is 1.95. The Labute approximate surface area is 125 Å². The fourth-order valence-electron chi connectivity index (χ4n) is 1.95. The Balaban J connectivity index is 1.78. The average Bonchev–Trinajstić information content (AvgIpc) is 2.53. The van der Waals surface area contributed by atoms with E-state index in [1.54, 1.807) is 13.2 Å². The van der Waals surface area contributed by atoms with E-state index in [0.29, 0.717) is 6.54 Å². The van der Waals surface area contributed by atoms with Gasteiger partial charge in [-0.15, -0.1) is 0 Å². The Bertz CT molecular complexity index is 580. The quantitative estimate of drug-likeness (QED) is 0.647. The van der Waals surface area contributed by atoms with Crippen molar-refractivity contribution in [2.24, 2.45) is 4.99 Å². The lowest BCUT2D eigenvalue weighted by Gasteiger charge is -2.12. The van der Waals surface area contributed by atoms with Gasteiger partial charge in [-0.05, 0) is 30.7 Å². The van der Waals surface area contributed by atoms with Gasteiger partial charge in [0.15, 0.2) is 5.96 Å². The van der Waals surface area contributed by atoms with Crippen LogP contribution in [0.1, 0.15) is 17.0 Å². The molecule has 0 atom stereocenters. The molecule has 0 aliphatic heterocycles. The molecule has 2 aromatic heterocycles. The summed E-state index contributed by atoms with van der Waals surface area (Å²) in [4.78, 5) is 12.9. The lowest BCUT2D eigenvalue weighted by molar-refractivity contribution is 0.772. The predicted octanol–water partition coefficient (Wildman–Crippen LogP) is 1.69. The van der Waals surface area contributed by atoms with Crippen LogP contribution in [0, 0.1) is 6.92 Å². The van der Waals surface area contributed by atoms with Gasteiger partial charge in [0.1, 0.15) is 0 Å². The molecule has 0 fully saturated rings. The van der Waals surface area contributed by atoms with Gasteiger partial charge < -0.3 is 10.6 Å². The number of aromatic nitrogens is 2. The van der Waals surface area contributed by atoms with Gasteiger partial charge in [-0.2, -0.15) is 0 Å². The summed E-state index contributed by atoms with van der Waals surface area (Å²) in [6.45, 7) is 3.51. The van der Waals surface area contributed by atoms with Gasteiger partial charge in [-0.3, -0.25) is 15.0 Å². The van der Waals surface area contributed by atoms with Crippen LogP contribution in [0.2, 0.25) is 0 Å². The largest absolute Gasteiger partial charge is 0.356 e. The summed E-state index contributed by atoms with van der Waals surface area (Å²) in [7, 11) is 1.77. The van der Waals surface area contributed by atoms with E-state index in [1.165, 1.54) is 5.56 Å². The van der Waals surface area contributed by atoms with Crippen molar-refractivity contribution in [3.8, 4) is 0 Å². The molecule has 0 saturated heterocycles. The van der Waals surface area contributed by atoms with Crippen molar-refractivity contribution in [1.29, 1.82) is 0 Å². The molecule has 21 heavy (non-hydrogen) atoms. The Morgan fingerprint density at radius 1 is 1.10 bits per heavy atom. The first-order valence-corrected chi connectivity index (χ1v) is 7.04. The number of aryl methyl sites for hydroxylation is 1. The Hall–Kier alpha value is -2.43.